The van der Waals surface area contributed by atoms with E-state index in [9.17, 15) is 4.79 Å². The van der Waals surface area contributed by atoms with Crippen molar-refractivity contribution in [3.63, 3.8) is 0 Å². The van der Waals surface area contributed by atoms with Crippen LogP contribution in [0.3, 0.4) is 0 Å². The smallest absolute Gasteiger partial charge is 0.360 e. The van der Waals surface area contributed by atoms with Crippen LogP contribution in [0.25, 0.3) is 5.69 Å². The number of hydrogen-bond acceptors (Lipinski definition) is 5. The number of anilines is 1. The lowest BCUT2D eigenvalue weighted by atomic mass is 10.3. The number of benzene rings is 1. The van der Waals surface area contributed by atoms with Gasteiger partial charge in [0.15, 0.2) is 5.82 Å². The molecule has 0 radical (unpaired) electrons. The Morgan fingerprint density at radius 2 is 1.94 bits per heavy atom. The number of aromatic hydroxyl groups is 1. The van der Waals surface area contributed by atoms with Crippen molar-refractivity contribution in [3.8, 4) is 11.4 Å². The van der Waals surface area contributed by atoms with E-state index < -0.39 is 5.97 Å². The lowest BCUT2D eigenvalue weighted by molar-refractivity contribution is 0.0691. The van der Waals surface area contributed by atoms with E-state index >= 15 is 0 Å². The monoisotopic (exact) mass is 220 g/mol. The van der Waals surface area contributed by atoms with E-state index in [1.165, 1.54) is 16.8 Å². The van der Waals surface area contributed by atoms with Crippen molar-refractivity contribution >= 4 is 11.8 Å². The molecule has 1 aromatic carbocycles. The molecule has 7 heteroatoms. The third kappa shape index (κ3) is 1.54. The zero-order valence-electron chi connectivity index (χ0n) is 8.03. The predicted octanol–water partition coefficient (Wildman–Crippen LogP) is 0.253. The Hall–Kier alpha value is -2.57. The molecule has 0 spiro atoms. The van der Waals surface area contributed by atoms with Crippen LogP contribution in [-0.2, 0) is 0 Å². The first kappa shape index (κ1) is 9.97. The maximum atomic E-state index is 10.7. The van der Waals surface area contributed by atoms with Crippen LogP contribution < -0.4 is 5.73 Å². The molecule has 16 heavy (non-hydrogen) atoms. The van der Waals surface area contributed by atoms with Gasteiger partial charge in [-0.15, -0.1) is 5.10 Å². The number of aromatic nitrogens is 3. The molecule has 1 heterocycles. The molecule has 7 nitrogen and oxygen atoms in total. The van der Waals surface area contributed by atoms with E-state index in [0.29, 0.717) is 5.69 Å². The molecule has 0 bridgehead atoms. The zero-order chi connectivity index (χ0) is 11.7. The molecule has 0 amide bonds. The molecule has 0 aliphatic carbocycles. The van der Waals surface area contributed by atoms with E-state index in [1.807, 2.05) is 0 Å². The SMILES string of the molecule is Nc1c(C(=O)O)nnn1-c1ccc(O)cc1. The van der Waals surface area contributed by atoms with Gasteiger partial charge < -0.3 is 15.9 Å². The minimum atomic E-state index is -1.23. The number of phenolic OH excluding ortho intramolecular Hbond substituents is 1. The second-order valence-electron chi connectivity index (χ2n) is 3.06. The molecule has 82 valence electrons. The number of phenols is 1. The number of aromatic carboxylic acids is 1. The molecule has 0 atom stereocenters. The fraction of sp³-hybridized carbons (Fsp3) is 0. The van der Waals surface area contributed by atoms with Crippen molar-refractivity contribution in [2.45, 2.75) is 0 Å². The van der Waals surface area contributed by atoms with Gasteiger partial charge in [-0.25, -0.2) is 4.79 Å². The summed E-state index contributed by atoms with van der Waals surface area (Å²) < 4.78 is 1.18. The van der Waals surface area contributed by atoms with Crippen molar-refractivity contribution in [1.82, 2.24) is 15.0 Å². The summed E-state index contributed by atoms with van der Waals surface area (Å²) in [5, 5.41) is 24.9. The highest BCUT2D eigenvalue weighted by Crippen LogP contribution is 2.17. The molecule has 2 aromatic rings. The summed E-state index contributed by atoms with van der Waals surface area (Å²) in [6, 6.07) is 5.98. The largest absolute Gasteiger partial charge is 0.508 e. The fourth-order valence-electron chi connectivity index (χ4n) is 1.23. The van der Waals surface area contributed by atoms with Gasteiger partial charge >= 0.3 is 5.97 Å². The summed E-state index contributed by atoms with van der Waals surface area (Å²) >= 11 is 0. The van der Waals surface area contributed by atoms with Crippen LogP contribution in [-0.4, -0.2) is 31.2 Å². The minimum absolute atomic E-state index is 0.0572. The summed E-state index contributed by atoms with van der Waals surface area (Å²) in [6.07, 6.45) is 0. The number of carbonyl (C=O) groups is 1. The number of nitrogens with two attached hydrogens (primary N) is 1. The fourth-order valence-corrected chi connectivity index (χ4v) is 1.23. The second-order valence-corrected chi connectivity index (χ2v) is 3.06. The number of nitrogens with zero attached hydrogens (tertiary/aromatic N) is 3. The summed E-state index contributed by atoms with van der Waals surface area (Å²) in [6.45, 7) is 0. The van der Waals surface area contributed by atoms with Crippen molar-refractivity contribution in [2.75, 3.05) is 5.73 Å². The highest BCUT2D eigenvalue weighted by molar-refractivity contribution is 5.90. The van der Waals surface area contributed by atoms with Crippen molar-refractivity contribution in [2.24, 2.45) is 0 Å². The van der Waals surface area contributed by atoms with Crippen molar-refractivity contribution < 1.29 is 15.0 Å². The molecule has 0 aliphatic heterocycles. The third-order valence-electron chi connectivity index (χ3n) is 2.00. The van der Waals surface area contributed by atoms with E-state index in [-0.39, 0.29) is 17.3 Å². The van der Waals surface area contributed by atoms with Gasteiger partial charge in [0.2, 0.25) is 5.69 Å². The Bertz CT molecular complexity index is 532. The highest BCUT2D eigenvalue weighted by Gasteiger charge is 2.16. The van der Waals surface area contributed by atoms with Crippen LogP contribution in [0.2, 0.25) is 0 Å². The number of nitrogen functional groups attached to an aromatic ring is 1. The standard InChI is InChI=1S/C9H8N4O3/c10-8-7(9(15)16)11-12-13(8)5-1-3-6(14)4-2-5/h1-4,14H,10H2,(H,15,16). The van der Waals surface area contributed by atoms with Gasteiger partial charge in [0, 0.05) is 0 Å². The molecule has 0 aliphatic rings. The lowest BCUT2D eigenvalue weighted by Gasteiger charge is -2.02. The summed E-state index contributed by atoms with van der Waals surface area (Å²) in [4.78, 5) is 10.7. The average Bonchev–Trinajstić information content (AvgIpc) is 2.61. The van der Waals surface area contributed by atoms with Gasteiger partial charge in [0.05, 0.1) is 5.69 Å². The topological polar surface area (TPSA) is 114 Å². The number of hydrogen-bond donors (Lipinski definition) is 3. The van der Waals surface area contributed by atoms with Crippen LogP contribution in [0.4, 0.5) is 5.82 Å². The number of carboxylic acid groups (broad SMARTS) is 1. The molecular weight excluding hydrogens is 212 g/mol. The van der Waals surface area contributed by atoms with Gasteiger partial charge in [-0.1, -0.05) is 5.21 Å². The zero-order valence-corrected chi connectivity index (χ0v) is 8.03. The number of rotatable bonds is 2. The quantitative estimate of drug-likeness (QED) is 0.668. The maximum absolute atomic E-state index is 10.7. The molecule has 4 N–H and O–H groups in total. The highest BCUT2D eigenvalue weighted by atomic mass is 16.4. The molecule has 0 fully saturated rings. The lowest BCUT2D eigenvalue weighted by Crippen LogP contribution is -2.05. The summed E-state index contributed by atoms with van der Waals surface area (Å²) in [5.41, 5.74) is 5.79. The molecular formula is C9H8N4O3. The van der Waals surface area contributed by atoms with Crippen molar-refractivity contribution in [1.29, 1.82) is 0 Å². The average molecular weight is 220 g/mol. The van der Waals surface area contributed by atoms with Gasteiger partial charge in [-0.3, -0.25) is 0 Å². The van der Waals surface area contributed by atoms with Crippen LogP contribution in [0, 0.1) is 0 Å². The normalized spacial score (nSPS) is 10.2. The Balaban J connectivity index is 2.49. The number of carboxylic acids is 1. The van der Waals surface area contributed by atoms with Crippen molar-refractivity contribution in [3.05, 3.63) is 30.0 Å². The summed E-state index contributed by atoms with van der Waals surface area (Å²) in [7, 11) is 0. The first-order valence-electron chi connectivity index (χ1n) is 4.33. The predicted molar refractivity (Wildman–Crippen MR) is 54.4 cm³/mol. The van der Waals surface area contributed by atoms with Crippen LogP contribution in [0.15, 0.2) is 24.3 Å². The Morgan fingerprint density at radius 3 is 2.44 bits per heavy atom. The van der Waals surface area contributed by atoms with E-state index in [1.54, 1.807) is 12.1 Å². The maximum Gasteiger partial charge on any atom is 0.360 e. The molecule has 2 rings (SSSR count). The Morgan fingerprint density at radius 1 is 1.31 bits per heavy atom. The van der Waals surface area contributed by atoms with Crippen LogP contribution in [0.5, 0.6) is 5.75 Å². The summed E-state index contributed by atoms with van der Waals surface area (Å²) in [5.74, 6) is -1.19. The van der Waals surface area contributed by atoms with Crippen LogP contribution >= 0.6 is 0 Å². The third-order valence-corrected chi connectivity index (χ3v) is 2.00. The van der Waals surface area contributed by atoms with E-state index in [4.69, 9.17) is 15.9 Å². The molecule has 0 unspecified atom stereocenters. The van der Waals surface area contributed by atoms with Gasteiger partial charge in [-0.05, 0) is 24.3 Å². The first-order valence-corrected chi connectivity index (χ1v) is 4.33. The molecule has 0 saturated carbocycles. The minimum Gasteiger partial charge on any atom is -0.508 e. The van der Waals surface area contributed by atoms with Gasteiger partial charge in [0.25, 0.3) is 0 Å². The molecule has 1 aromatic heterocycles. The van der Waals surface area contributed by atoms with Gasteiger partial charge in [0.1, 0.15) is 5.75 Å². The Kier molecular flexibility index (Phi) is 2.20. The van der Waals surface area contributed by atoms with Crippen LogP contribution in [0.1, 0.15) is 10.5 Å². The first-order chi connectivity index (χ1) is 7.59. The second kappa shape index (κ2) is 3.54. The van der Waals surface area contributed by atoms with E-state index in [2.05, 4.69) is 10.3 Å². The van der Waals surface area contributed by atoms with Gasteiger partial charge in [-0.2, -0.15) is 4.68 Å². The van der Waals surface area contributed by atoms with E-state index in [0.717, 1.165) is 0 Å². The molecule has 0 saturated heterocycles. The Labute approximate surface area is 89.7 Å².